The summed E-state index contributed by atoms with van der Waals surface area (Å²) in [4.78, 5) is 15.0. The molecule has 5 heteroatoms. The first-order chi connectivity index (χ1) is 11.3. The first-order valence-electron chi connectivity index (χ1n) is 7.89. The molecule has 3 aromatic rings. The lowest BCUT2D eigenvalue weighted by molar-refractivity contribution is 0.0575. The van der Waals surface area contributed by atoms with Crippen LogP contribution in [0, 0.1) is 0 Å². The Hall–Kier alpha value is -2.69. The summed E-state index contributed by atoms with van der Waals surface area (Å²) in [6.07, 6.45) is 6.35. The summed E-state index contributed by atoms with van der Waals surface area (Å²) in [5.74, 6) is 0.765. The number of likely N-dealkylation sites (tertiary alicyclic amines) is 1. The highest BCUT2D eigenvalue weighted by molar-refractivity contribution is 6.04. The van der Waals surface area contributed by atoms with Gasteiger partial charge in [0.1, 0.15) is 5.76 Å². The molecule has 1 unspecified atom stereocenters. The largest absolute Gasteiger partial charge is 0.467 e. The monoisotopic (exact) mass is 307 g/mol. The van der Waals surface area contributed by atoms with Gasteiger partial charge in [0.15, 0.2) is 5.69 Å². The highest BCUT2D eigenvalue weighted by Crippen LogP contribution is 2.32. The van der Waals surface area contributed by atoms with E-state index in [-0.39, 0.29) is 11.9 Å². The Kier molecular flexibility index (Phi) is 3.54. The Morgan fingerprint density at radius 2 is 2.09 bits per heavy atom. The van der Waals surface area contributed by atoms with Crippen LogP contribution in [0.15, 0.2) is 53.3 Å². The Bertz CT molecular complexity index is 824. The lowest BCUT2D eigenvalue weighted by atomic mass is 9.99. The summed E-state index contributed by atoms with van der Waals surface area (Å²) in [6, 6.07) is 11.5. The number of amides is 1. The van der Waals surface area contributed by atoms with Crippen molar-refractivity contribution in [2.45, 2.75) is 25.3 Å². The maximum Gasteiger partial charge on any atom is 0.275 e. The van der Waals surface area contributed by atoms with Crippen LogP contribution < -0.4 is 0 Å². The predicted molar refractivity (Wildman–Crippen MR) is 85.9 cm³/mol. The van der Waals surface area contributed by atoms with Gasteiger partial charge in [-0.3, -0.25) is 4.79 Å². The lowest BCUT2D eigenvalue weighted by Gasteiger charge is -2.34. The molecule has 0 N–H and O–H groups in total. The van der Waals surface area contributed by atoms with E-state index in [2.05, 4.69) is 10.2 Å². The van der Waals surface area contributed by atoms with Gasteiger partial charge in [-0.05, 0) is 31.4 Å². The fourth-order valence-electron chi connectivity index (χ4n) is 3.27. The second-order valence-electron chi connectivity index (χ2n) is 5.81. The molecule has 5 nitrogen and oxygen atoms in total. The third-order valence-electron chi connectivity index (χ3n) is 4.41. The fourth-order valence-corrected chi connectivity index (χ4v) is 3.27. The highest BCUT2D eigenvalue weighted by atomic mass is 16.3. The van der Waals surface area contributed by atoms with Crippen LogP contribution in [0.4, 0.5) is 0 Å². The van der Waals surface area contributed by atoms with Crippen LogP contribution in [-0.2, 0) is 0 Å². The number of hydrogen-bond donors (Lipinski definition) is 0. The second-order valence-corrected chi connectivity index (χ2v) is 5.81. The zero-order valence-corrected chi connectivity index (χ0v) is 12.7. The normalized spacial score (nSPS) is 18.3. The minimum atomic E-state index is -0.0737. The third kappa shape index (κ3) is 2.48. The van der Waals surface area contributed by atoms with E-state index in [0.717, 1.165) is 42.3 Å². The van der Waals surface area contributed by atoms with Crippen LogP contribution >= 0.6 is 0 Å². The topological polar surface area (TPSA) is 59.2 Å². The summed E-state index contributed by atoms with van der Waals surface area (Å²) in [7, 11) is 0. The van der Waals surface area contributed by atoms with E-state index in [1.165, 1.54) is 0 Å². The molecular weight excluding hydrogens is 290 g/mol. The van der Waals surface area contributed by atoms with Gasteiger partial charge < -0.3 is 9.32 Å². The van der Waals surface area contributed by atoms with Crippen molar-refractivity contribution < 1.29 is 9.21 Å². The van der Waals surface area contributed by atoms with Gasteiger partial charge in [0.05, 0.1) is 18.5 Å². The standard InChI is InChI=1S/C18H17N3O2/c22-18(17-14-7-2-1-6-13(14)12-19-20-17)21-10-4-3-8-15(21)16-9-5-11-23-16/h1-2,5-7,9,11-12,15H,3-4,8,10H2. The number of aromatic nitrogens is 2. The van der Waals surface area contributed by atoms with E-state index in [0.29, 0.717) is 5.69 Å². The number of piperidine rings is 1. The molecule has 1 amide bonds. The van der Waals surface area contributed by atoms with Crippen LogP contribution in [0.3, 0.4) is 0 Å². The van der Waals surface area contributed by atoms with Crippen molar-refractivity contribution in [3.8, 4) is 0 Å². The minimum Gasteiger partial charge on any atom is -0.467 e. The van der Waals surface area contributed by atoms with E-state index >= 15 is 0 Å². The smallest absolute Gasteiger partial charge is 0.275 e. The van der Waals surface area contributed by atoms with Gasteiger partial charge in [-0.1, -0.05) is 24.3 Å². The van der Waals surface area contributed by atoms with Gasteiger partial charge in [-0.25, -0.2) is 0 Å². The molecule has 0 bridgehead atoms. The van der Waals surface area contributed by atoms with E-state index in [4.69, 9.17) is 4.42 Å². The molecule has 0 radical (unpaired) electrons. The number of hydrogen-bond acceptors (Lipinski definition) is 4. The van der Waals surface area contributed by atoms with E-state index in [1.807, 2.05) is 41.3 Å². The average molecular weight is 307 g/mol. The lowest BCUT2D eigenvalue weighted by Crippen LogP contribution is -2.39. The van der Waals surface area contributed by atoms with Gasteiger partial charge >= 0.3 is 0 Å². The summed E-state index contributed by atoms with van der Waals surface area (Å²) in [5.41, 5.74) is 0.418. The highest BCUT2D eigenvalue weighted by Gasteiger charge is 2.31. The molecular formula is C18H17N3O2. The maximum absolute atomic E-state index is 13.1. The van der Waals surface area contributed by atoms with Gasteiger partial charge in [0, 0.05) is 17.3 Å². The molecule has 1 aromatic carbocycles. The molecule has 1 aliphatic rings. The van der Waals surface area contributed by atoms with Gasteiger partial charge in [0.25, 0.3) is 5.91 Å². The minimum absolute atomic E-state index is 0.0213. The summed E-state index contributed by atoms with van der Waals surface area (Å²) in [6.45, 7) is 0.717. The van der Waals surface area contributed by atoms with Crippen molar-refractivity contribution in [3.63, 3.8) is 0 Å². The van der Waals surface area contributed by atoms with Crippen LogP contribution in [0.5, 0.6) is 0 Å². The number of fused-ring (bicyclic) bond motifs is 1. The van der Waals surface area contributed by atoms with E-state index in [1.54, 1.807) is 12.5 Å². The summed E-state index contributed by atoms with van der Waals surface area (Å²) >= 11 is 0. The van der Waals surface area contributed by atoms with Gasteiger partial charge in [-0.2, -0.15) is 5.10 Å². The van der Waals surface area contributed by atoms with Crippen LogP contribution in [0.1, 0.15) is 41.6 Å². The van der Waals surface area contributed by atoms with Crippen molar-refractivity contribution in [1.29, 1.82) is 0 Å². The van der Waals surface area contributed by atoms with Crippen molar-refractivity contribution in [2.24, 2.45) is 0 Å². The number of rotatable bonds is 2. The molecule has 2 aromatic heterocycles. The number of benzene rings is 1. The van der Waals surface area contributed by atoms with Crippen molar-refractivity contribution in [3.05, 3.63) is 60.3 Å². The van der Waals surface area contributed by atoms with Crippen LogP contribution in [0.2, 0.25) is 0 Å². The molecule has 0 spiro atoms. The zero-order valence-electron chi connectivity index (χ0n) is 12.7. The van der Waals surface area contributed by atoms with Crippen molar-refractivity contribution in [2.75, 3.05) is 6.54 Å². The predicted octanol–water partition coefficient (Wildman–Crippen LogP) is 3.59. The first-order valence-corrected chi connectivity index (χ1v) is 7.89. The Morgan fingerprint density at radius 3 is 2.96 bits per heavy atom. The van der Waals surface area contributed by atoms with Crippen molar-refractivity contribution in [1.82, 2.24) is 15.1 Å². The molecule has 3 heterocycles. The Morgan fingerprint density at radius 1 is 1.17 bits per heavy atom. The van der Waals surface area contributed by atoms with Crippen LogP contribution in [0.25, 0.3) is 10.8 Å². The molecule has 1 fully saturated rings. The summed E-state index contributed by atoms with van der Waals surface area (Å²) < 4.78 is 5.55. The van der Waals surface area contributed by atoms with Crippen molar-refractivity contribution >= 4 is 16.7 Å². The van der Waals surface area contributed by atoms with E-state index in [9.17, 15) is 4.79 Å². The molecule has 1 atom stereocenters. The molecule has 116 valence electrons. The Balaban J connectivity index is 1.74. The first kappa shape index (κ1) is 13.9. The molecule has 1 aliphatic heterocycles. The zero-order chi connectivity index (χ0) is 15.6. The van der Waals surface area contributed by atoms with E-state index < -0.39 is 0 Å². The molecule has 23 heavy (non-hydrogen) atoms. The van der Waals surface area contributed by atoms with Crippen LogP contribution in [-0.4, -0.2) is 27.5 Å². The quantitative estimate of drug-likeness (QED) is 0.726. The SMILES string of the molecule is O=C(c1nncc2ccccc12)N1CCCCC1c1ccco1. The number of carbonyl (C=O) groups is 1. The second kappa shape index (κ2) is 5.83. The molecule has 0 saturated carbocycles. The Labute approximate surface area is 133 Å². The third-order valence-corrected chi connectivity index (χ3v) is 4.41. The number of furan rings is 1. The molecule has 1 saturated heterocycles. The fraction of sp³-hybridized carbons (Fsp3) is 0.278. The molecule has 4 rings (SSSR count). The number of carbonyl (C=O) groups excluding carboxylic acids is 1. The van der Waals surface area contributed by atoms with Gasteiger partial charge in [0.2, 0.25) is 0 Å². The van der Waals surface area contributed by atoms with Gasteiger partial charge in [-0.15, -0.1) is 5.10 Å². The summed E-state index contributed by atoms with van der Waals surface area (Å²) in [5, 5.41) is 9.89. The molecule has 0 aliphatic carbocycles. The maximum atomic E-state index is 13.1. The number of nitrogens with zero attached hydrogens (tertiary/aromatic N) is 3. The average Bonchev–Trinajstić information content (AvgIpc) is 3.15.